The minimum absolute atomic E-state index is 0.00154. The molecule has 0 aliphatic heterocycles. The molecule has 21 heavy (non-hydrogen) atoms. The van der Waals surface area contributed by atoms with Crippen LogP contribution in [0.4, 0.5) is 0 Å². The van der Waals surface area contributed by atoms with E-state index in [2.05, 4.69) is 11.3 Å². The summed E-state index contributed by atoms with van der Waals surface area (Å²) in [6.07, 6.45) is 9.04. The maximum atomic E-state index is 11.3. The lowest BCUT2D eigenvalue weighted by molar-refractivity contribution is -0.135. The Morgan fingerprint density at radius 3 is 2.76 bits per heavy atom. The highest BCUT2D eigenvalue weighted by Gasteiger charge is 2.13. The van der Waals surface area contributed by atoms with Crippen LogP contribution < -0.4 is 0 Å². The van der Waals surface area contributed by atoms with Crippen LogP contribution in [0.1, 0.15) is 19.3 Å². The van der Waals surface area contributed by atoms with Crippen molar-refractivity contribution in [3.05, 3.63) is 36.5 Å². The number of hydrogen-bond donors (Lipinski definition) is 0. The van der Waals surface area contributed by atoms with Crippen LogP contribution in [0.2, 0.25) is 0 Å². The van der Waals surface area contributed by atoms with Crippen molar-refractivity contribution in [2.45, 2.75) is 25.4 Å². The standard InChI is InChI=1S/C16H22O5/c1-3-14(17)12-20-10-4-5-11-21-15-8-6-13(7-9-15)16(18)19-2/h3,6-8,15H,1,4-5,9-12H2,2H3. The number of hydrogen-bond acceptors (Lipinski definition) is 5. The Morgan fingerprint density at radius 2 is 2.14 bits per heavy atom. The van der Waals surface area contributed by atoms with Crippen LogP contribution in [0.15, 0.2) is 36.5 Å². The van der Waals surface area contributed by atoms with Gasteiger partial charge in [-0.1, -0.05) is 18.7 Å². The number of ether oxygens (including phenoxy) is 3. The molecule has 5 nitrogen and oxygen atoms in total. The van der Waals surface area contributed by atoms with Crippen molar-refractivity contribution in [1.29, 1.82) is 0 Å². The SMILES string of the molecule is C=CC(=O)COCCCCOC1C=CC(C(=O)OC)=CC1. The molecule has 0 spiro atoms. The molecule has 0 fully saturated rings. The maximum Gasteiger partial charge on any atom is 0.337 e. The highest BCUT2D eigenvalue weighted by Crippen LogP contribution is 2.14. The summed E-state index contributed by atoms with van der Waals surface area (Å²) >= 11 is 0. The first-order valence-corrected chi connectivity index (χ1v) is 6.98. The Bertz CT molecular complexity index is 422. The van der Waals surface area contributed by atoms with Crippen molar-refractivity contribution >= 4 is 11.8 Å². The Labute approximate surface area is 125 Å². The predicted molar refractivity (Wildman–Crippen MR) is 78.9 cm³/mol. The van der Waals surface area contributed by atoms with E-state index in [9.17, 15) is 9.59 Å². The first kappa shape index (κ1) is 17.3. The zero-order valence-corrected chi connectivity index (χ0v) is 12.4. The number of esters is 1. The van der Waals surface area contributed by atoms with Gasteiger partial charge in [-0.05, 0) is 31.4 Å². The molecule has 0 aromatic rings. The molecule has 1 aliphatic carbocycles. The highest BCUT2D eigenvalue weighted by molar-refractivity contribution is 5.91. The van der Waals surface area contributed by atoms with Crippen molar-refractivity contribution in [2.75, 3.05) is 26.9 Å². The quantitative estimate of drug-likeness (QED) is 0.350. The first-order chi connectivity index (χ1) is 10.2. The van der Waals surface area contributed by atoms with Crippen LogP contribution in [0.3, 0.4) is 0 Å². The molecule has 1 atom stereocenters. The maximum absolute atomic E-state index is 11.3. The summed E-state index contributed by atoms with van der Waals surface area (Å²) in [6.45, 7) is 4.62. The van der Waals surface area contributed by atoms with Crippen LogP contribution in [0, 0.1) is 0 Å². The fourth-order valence-corrected chi connectivity index (χ4v) is 1.77. The van der Waals surface area contributed by atoms with Gasteiger partial charge >= 0.3 is 5.97 Å². The van der Waals surface area contributed by atoms with Gasteiger partial charge < -0.3 is 14.2 Å². The van der Waals surface area contributed by atoms with Crippen LogP contribution in [-0.2, 0) is 23.8 Å². The van der Waals surface area contributed by atoms with Crippen LogP contribution in [-0.4, -0.2) is 44.8 Å². The molecule has 0 bridgehead atoms. The Kier molecular flexibility index (Phi) is 8.31. The second-order valence-electron chi connectivity index (χ2n) is 4.59. The van der Waals surface area contributed by atoms with Gasteiger partial charge in [0.1, 0.15) is 6.61 Å². The van der Waals surface area contributed by atoms with Gasteiger partial charge in [0.15, 0.2) is 5.78 Å². The summed E-state index contributed by atoms with van der Waals surface area (Å²) in [5.41, 5.74) is 0.567. The molecule has 1 aliphatic rings. The van der Waals surface area contributed by atoms with E-state index in [1.165, 1.54) is 13.2 Å². The lowest BCUT2D eigenvalue weighted by atomic mass is 10.1. The van der Waals surface area contributed by atoms with Crippen molar-refractivity contribution in [3.63, 3.8) is 0 Å². The molecule has 116 valence electrons. The van der Waals surface area contributed by atoms with Crippen molar-refractivity contribution in [1.82, 2.24) is 0 Å². The normalized spacial score (nSPS) is 17.2. The molecule has 0 aromatic heterocycles. The second kappa shape index (κ2) is 10.1. The highest BCUT2D eigenvalue weighted by atomic mass is 16.5. The van der Waals surface area contributed by atoms with E-state index in [4.69, 9.17) is 9.47 Å². The summed E-state index contributed by atoms with van der Waals surface area (Å²) in [7, 11) is 1.37. The average molecular weight is 294 g/mol. The molecule has 5 heteroatoms. The molecular weight excluding hydrogens is 272 g/mol. The zero-order chi connectivity index (χ0) is 15.5. The third kappa shape index (κ3) is 7.02. The van der Waals surface area contributed by atoms with Gasteiger partial charge in [0.25, 0.3) is 0 Å². The summed E-state index contributed by atoms with van der Waals surface area (Å²) in [6, 6.07) is 0. The number of carbonyl (C=O) groups is 2. The summed E-state index contributed by atoms with van der Waals surface area (Å²) in [5.74, 6) is -0.428. The number of carbonyl (C=O) groups excluding carboxylic acids is 2. The summed E-state index contributed by atoms with van der Waals surface area (Å²) in [5, 5.41) is 0. The summed E-state index contributed by atoms with van der Waals surface area (Å²) < 4.78 is 15.5. The average Bonchev–Trinajstić information content (AvgIpc) is 2.53. The van der Waals surface area contributed by atoms with Gasteiger partial charge in [0.05, 0.1) is 18.8 Å². The lowest BCUT2D eigenvalue weighted by Crippen LogP contribution is -2.15. The molecule has 0 heterocycles. The zero-order valence-electron chi connectivity index (χ0n) is 12.4. The Hall–Kier alpha value is -1.72. The van der Waals surface area contributed by atoms with Crippen molar-refractivity contribution < 1.29 is 23.8 Å². The molecule has 0 radical (unpaired) electrons. The topological polar surface area (TPSA) is 61.8 Å². The van der Waals surface area contributed by atoms with E-state index in [1.807, 2.05) is 12.2 Å². The number of methoxy groups -OCH3 is 1. The van der Waals surface area contributed by atoms with E-state index in [0.717, 1.165) is 12.8 Å². The third-order valence-electron chi connectivity index (χ3n) is 2.97. The van der Waals surface area contributed by atoms with Crippen LogP contribution in [0.5, 0.6) is 0 Å². The van der Waals surface area contributed by atoms with E-state index in [1.54, 1.807) is 6.08 Å². The molecule has 0 N–H and O–H groups in total. The Balaban J connectivity index is 2.04. The second-order valence-corrected chi connectivity index (χ2v) is 4.59. The van der Waals surface area contributed by atoms with Crippen molar-refractivity contribution in [2.24, 2.45) is 0 Å². The minimum Gasteiger partial charge on any atom is -0.465 e. The minimum atomic E-state index is -0.323. The van der Waals surface area contributed by atoms with Gasteiger partial charge in [0, 0.05) is 13.2 Å². The third-order valence-corrected chi connectivity index (χ3v) is 2.97. The van der Waals surface area contributed by atoms with Crippen molar-refractivity contribution in [3.8, 4) is 0 Å². The van der Waals surface area contributed by atoms with Crippen LogP contribution >= 0.6 is 0 Å². The molecule has 0 amide bonds. The fourth-order valence-electron chi connectivity index (χ4n) is 1.77. The smallest absolute Gasteiger partial charge is 0.337 e. The van der Waals surface area contributed by atoms with E-state index < -0.39 is 0 Å². The number of ketones is 1. The van der Waals surface area contributed by atoms with Gasteiger partial charge in [-0.3, -0.25) is 4.79 Å². The monoisotopic (exact) mass is 294 g/mol. The van der Waals surface area contributed by atoms with Gasteiger partial charge in [-0.15, -0.1) is 0 Å². The lowest BCUT2D eigenvalue weighted by Gasteiger charge is -2.16. The van der Waals surface area contributed by atoms with Crippen LogP contribution in [0.25, 0.3) is 0 Å². The molecular formula is C16H22O5. The van der Waals surface area contributed by atoms with E-state index >= 15 is 0 Å². The fraction of sp³-hybridized carbons (Fsp3) is 0.500. The number of unbranched alkanes of at least 4 members (excludes halogenated alkanes) is 1. The number of rotatable bonds is 10. The largest absolute Gasteiger partial charge is 0.465 e. The molecule has 1 unspecified atom stereocenters. The predicted octanol–water partition coefficient (Wildman–Crippen LogP) is 1.98. The molecule has 0 aromatic carbocycles. The molecule has 1 rings (SSSR count). The van der Waals surface area contributed by atoms with Gasteiger partial charge in [-0.25, -0.2) is 4.79 Å². The first-order valence-electron chi connectivity index (χ1n) is 6.98. The van der Waals surface area contributed by atoms with Gasteiger partial charge in [0.2, 0.25) is 0 Å². The molecule has 0 saturated heterocycles. The molecule has 0 saturated carbocycles. The Morgan fingerprint density at radius 1 is 1.38 bits per heavy atom. The van der Waals surface area contributed by atoms with Gasteiger partial charge in [-0.2, -0.15) is 0 Å². The van der Waals surface area contributed by atoms with E-state index in [-0.39, 0.29) is 24.5 Å². The van der Waals surface area contributed by atoms with E-state index in [0.29, 0.717) is 25.2 Å². The summed E-state index contributed by atoms with van der Waals surface area (Å²) in [4.78, 5) is 22.2.